The van der Waals surface area contributed by atoms with Crippen LogP contribution in [0.25, 0.3) is 0 Å². The fourth-order valence-corrected chi connectivity index (χ4v) is 1.61. The Morgan fingerprint density at radius 2 is 1.38 bits per heavy atom. The zero-order chi connectivity index (χ0) is 5.98. The van der Waals surface area contributed by atoms with Gasteiger partial charge in [-0.1, -0.05) is 44.0 Å². The Balaban J connectivity index is 2.44. The maximum atomic E-state index is 3.56. The normalized spacial score (nSPS) is 37.8. The summed E-state index contributed by atoms with van der Waals surface area (Å²) in [6.07, 6.45) is 6.76. The summed E-state index contributed by atoms with van der Waals surface area (Å²) in [4.78, 5) is 1.29. The molecule has 0 aromatic heterocycles. The van der Waals surface area contributed by atoms with Crippen molar-refractivity contribution in [2.24, 2.45) is 0 Å². The number of halogens is 2. The van der Waals surface area contributed by atoms with Crippen molar-refractivity contribution in [3.05, 3.63) is 12.2 Å². The van der Waals surface area contributed by atoms with E-state index in [1.54, 1.807) is 0 Å². The second-order valence-corrected chi connectivity index (χ2v) is 4.33. The van der Waals surface area contributed by atoms with Gasteiger partial charge in [0.1, 0.15) is 0 Å². The summed E-state index contributed by atoms with van der Waals surface area (Å²) < 4.78 is 0. The van der Waals surface area contributed by atoms with Gasteiger partial charge in [-0.25, -0.2) is 0 Å². The summed E-state index contributed by atoms with van der Waals surface area (Å²) in [5.74, 6) is 0. The number of allylic oxidation sites excluding steroid dienone is 2. The second kappa shape index (κ2) is 3.02. The van der Waals surface area contributed by atoms with Crippen LogP contribution in [0.5, 0.6) is 0 Å². The molecule has 0 N–H and O–H groups in total. The van der Waals surface area contributed by atoms with E-state index >= 15 is 0 Å². The molecule has 0 saturated carbocycles. The highest BCUT2D eigenvalue weighted by Crippen LogP contribution is 2.25. The molecule has 0 amide bonds. The van der Waals surface area contributed by atoms with Crippen molar-refractivity contribution in [2.75, 3.05) is 0 Å². The second-order valence-electron chi connectivity index (χ2n) is 1.97. The van der Waals surface area contributed by atoms with Gasteiger partial charge in [0, 0.05) is 9.65 Å². The van der Waals surface area contributed by atoms with Crippen molar-refractivity contribution in [2.45, 2.75) is 22.5 Å². The van der Waals surface area contributed by atoms with Gasteiger partial charge >= 0.3 is 0 Å². The Morgan fingerprint density at radius 1 is 1.00 bits per heavy atom. The molecular formula is C6H8Br2. The first-order valence-corrected chi connectivity index (χ1v) is 4.57. The maximum absolute atomic E-state index is 3.56. The first-order valence-electron chi connectivity index (χ1n) is 2.74. The van der Waals surface area contributed by atoms with Crippen LogP contribution in [0, 0.1) is 0 Å². The predicted molar refractivity (Wildman–Crippen MR) is 43.8 cm³/mol. The highest BCUT2D eigenvalue weighted by molar-refractivity contribution is 9.12. The van der Waals surface area contributed by atoms with Crippen LogP contribution in [-0.2, 0) is 0 Å². The van der Waals surface area contributed by atoms with Gasteiger partial charge in [-0.15, -0.1) is 0 Å². The lowest BCUT2D eigenvalue weighted by Gasteiger charge is -2.16. The van der Waals surface area contributed by atoms with Gasteiger partial charge in [0.15, 0.2) is 0 Å². The quantitative estimate of drug-likeness (QED) is 0.451. The van der Waals surface area contributed by atoms with E-state index in [-0.39, 0.29) is 0 Å². The molecule has 0 nitrogen and oxygen atoms in total. The summed E-state index contributed by atoms with van der Waals surface area (Å²) in [6.45, 7) is 0. The van der Waals surface area contributed by atoms with E-state index in [0.717, 1.165) is 12.8 Å². The third-order valence-electron chi connectivity index (χ3n) is 1.28. The van der Waals surface area contributed by atoms with Crippen LogP contribution in [0.2, 0.25) is 0 Å². The molecule has 2 atom stereocenters. The monoisotopic (exact) mass is 238 g/mol. The van der Waals surface area contributed by atoms with E-state index in [4.69, 9.17) is 0 Å². The molecule has 46 valence electrons. The van der Waals surface area contributed by atoms with Crippen LogP contribution >= 0.6 is 31.9 Å². The van der Waals surface area contributed by atoms with Crippen molar-refractivity contribution in [1.82, 2.24) is 0 Å². The van der Waals surface area contributed by atoms with Crippen LogP contribution in [-0.4, -0.2) is 9.65 Å². The molecule has 0 aromatic carbocycles. The molecule has 8 heavy (non-hydrogen) atoms. The Labute approximate surface area is 66.6 Å². The topological polar surface area (TPSA) is 0 Å². The average Bonchev–Trinajstić information content (AvgIpc) is 1.77. The van der Waals surface area contributed by atoms with Crippen molar-refractivity contribution < 1.29 is 0 Å². The molecule has 0 bridgehead atoms. The van der Waals surface area contributed by atoms with Gasteiger partial charge in [0.25, 0.3) is 0 Å². The lowest BCUT2D eigenvalue weighted by Crippen LogP contribution is -2.14. The number of alkyl halides is 2. The lowest BCUT2D eigenvalue weighted by atomic mass is 10.1. The minimum atomic E-state index is 0.646. The molecule has 0 aliphatic heterocycles. The minimum Gasteiger partial charge on any atom is -0.0875 e. The van der Waals surface area contributed by atoms with Crippen LogP contribution in [0.3, 0.4) is 0 Å². The van der Waals surface area contributed by atoms with Crippen molar-refractivity contribution in [3.8, 4) is 0 Å². The van der Waals surface area contributed by atoms with Crippen molar-refractivity contribution >= 4 is 31.9 Å². The molecule has 0 fully saturated rings. The van der Waals surface area contributed by atoms with E-state index in [9.17, 15) is 0 Å². The summed E-state index contributed by atoms with van der Waals surface area (Å²) in [6, 6.07) is 0. The van der Waals surface area contributed by atoms with E-state index in [1.807, 2.05) is 0 Å². The van der Waals surface area contributed by atoms with Crippen molar-refractivity contribution in [3.63, 3.8) is 0 Å². The molecule has 2 unspecified atom stereocenters. The smallest absolute Gasteiger partial charge is 0.0308 e. The van der Waals surface area contributed by atoms with Crippen LogP contribution in [0.1, 0.15) is 12.8 Å². The number of hydrogen-bond donors (Lipinski definition) is 0. The zero-order valence-electron chi connectivity index (χ0n) is 4.48. The Morgan fingerprint density at radius 3 is 1.62 bits per heavy atom. The van der Waals surface area contributed by atoms with E-state index < -0.39 is 0 Å². The van der Waals surface area contributed by atoms with Gasteiger partial charge in [0.05, 0.1) is 0 Å². The third-order valence-corrected chi connectivity index (χ3v) is 4.02. The number of hydrogen-bond acceptors (Lipinski definition) is 0. The molecule has 1 rings (SSSR count). The average molecular weight is 240 g/mol. The highest BCUT2D eigenvalue weighted by atomic mass is 79.9. The van der Waals surface area contributed by atoms with E-state index in [0.29, 0.717) is 9.65 Å². The van der Waals surface area contributed by atoms with E-state index in [1.165, 1.54) is 0 Å². The predicted octanol–water partition coefficient (Wildman–Crippen LogP) is 2.86. The van der Waals surface area contributed by atoms with Gasteiger partial charge in [-0.05, 0) is 12.8 Å². The minimum absolute atomic E-state index is 0.646. The van der Waals surface area contributed by atoms with Gasteiger partial charge in [-0.2, -0.15) is 0 Å². The van der Waals surface area contributed by atoms with Crippen LogP contribution in [0.15, 0.2) is 12.2 Å². The van der Waals surface area contributed by atoms with Crippen LogP contribution < -0.4 is 0 Å². The van der Waals surface area contributed by atoms with Gasteiger partial charge < -0.3 is 0 Å². The Hall–Kier alpha value is 0.700. The number of rotatable bonds is 0. The van der Waals surface area contributed by atoms with Crippen LogP contribution in [0.4, 0.5) is 0 Å². The molecule has 0 spiro atoms. The maximum Gasteiger partial charge on any atom is 0.0308 e. The summed E-state index contributed by atoms with van der Waals surface area (Å²) >= 11 is 7.11. The molecule has 1 aliphatic rings. The fraction of sp³-hybridized carbons (Fsp3) is 0.667. The summed E-state index contributed by atoms with van der Waals surface area (Å²) in [5, 5.41) is 0. The third kappa shape index (κ3) is 1.59. The van der Waals surface area contributed by atoms with Gasteiger partial charge in [0.2, 0.25) is 0 Å². The molecular weight excluding hydrogens is 232 g/mol. The fourth-order valence-electron chi connectivity index (χ4n) is 0.748. The van der Waals surface area contributed by atoms with Gasteiger partial charge in [-0.3, -0.25) is 0 Å². The summed E-state index contributed by atoms with van der Waals surface area (Å²) in [5.41, 5.74) is 0. The Bertz CT molecular complexity index is 86.7. The van der Waals surface area contributed by atoms with Crippen molar-refractivity contribution in [1.29, 1.82) is 0 Å². The highest BCUT2D eigenvalue weighted by Gasteiger charge is 2.15. The SMILES string of the molecule is BrC1CC=CCC1Br. The molecule has 1 aliphatic carbocycles. The standard InChI is InChI=1S/C6H8Br2/c7-5-3-1-2-4-6(5)8/h1-2,5-6H,3-4H2. The largest absolute Gasteiger partial charge is 0.0875 e. The first kappa shape index (κ1) is 6.81. The lowest BCUT2D eigenvalue weighted by molar-refractivity contribution is 0.789. The molecule has 0 saturated heterocycles. The Kier molecular flexibility index (Phi) is 2.57. The summed E-state index contributed by atoms with van der Waals surface area (Å²) in [7, 11) is 0. The molecule has 0 heterocycles. The first-order chi connectivity index (χ1) is 3.80. The molecule has 2 heteroatoms. The molecule has 0 radical (unpaired) electrons. The molecule has 0 aromatic rings. The van der Waals surface area contributed by atoms with E-state index in [2.05, 4.69) is 44.0 Å². The zero-order valence-corrected chi connectivity index (χ0v) is 7.65.